The maximum absolute atomic E-state index is 12.3. The number of carbonyl (C=O) groups excluding carboxylic acids is 2. The minimum Gasteiger partial charge on any atom is -1.00 e. The molecule has 0 aliphatic carbocycles. The van der Waals surface area contributed by atoms with Crippen molar-refractivity contribution < 1.29 is 43.5 Å². The minimum absolute atomic E-state index is 0. The number of rotatable bonds is 15. The number of aromatic nitrogens is 2. The first-order chi connectivity index (χ1) is 21.5. The molecule has 0 spiro atoms. The van der Waals surface area contributed by atoms with Gasteiger partial charge >= 0.3 is 0 Å². The third kappa shape index (κ3) is 13.7. The van der Waals surface area contributed by atoms with E-state index in [1.165, 1.54) is 23.5 Å². The average molecular weight is 698 g/mol. The number of thioether (sulfide) groups is 2. The quantitative estimate of drug-likeness (QED) is 0.0923. The Morgan fingerprint density at radius 2 is 0.957 bits per heavy atom. The van der Waals surface area contributed by atoms with Gasteiger partial charge in [-0.3, -0.25) is 19.6 Å². The van der Waals surface area contributed by atoms with E-state index in [4.69, 9.17) is 0 Å². The van der Waals surface area contributed by atoms with Crippen LogP contribution in [0, 0.1) is 0 Å². The van der Waals surface area contributed by atoms with Gasteiger partial charge < -0.3 is 24.8 Å². The number of benzene rings is 2. The molecule has 0 N–H and O–H groups in total. The molecular weight excluding hydrogens is 659 g/mol. The molecule has 0 aliphatic heterocycles. The molecule has 4 rings (SSSR count). The van der Waals surface area contributed by atoms with Crippen LogP contribution in [0.25, 0.3) is 0 Å². The molecule has 0 saturated heterocycles. The molecule has 2 heterocycles. The molecule has 4 aromatic rings. The fourth-order valence-corrected chi connectivity index (χ4v) is 5.57. The summed E-state index contributed by atoms with van der Waals surface area (Å²) >= 11 is 2.57. The molecule has 0 amide bonds. The monoisotopic (exact) mass is 696 g/mol. The van der Waals surface area contributed by atoms with Crippen LogP contribution in [-0.2, 0) is 22.7 Å². The maximum Gasteiger partial charge on any atom is 0.189 e. The molecule has 0 aliphatic rings. The summed E-state index contributed by atoms with van der Waals surface area (Å²) < 4.78 is 4.08. The highest BCUT2D eigenvalue weighted by atomic mass is 35.5. The van der Waals surface area contributed by atoms with E-state index in [9.17, 15) is 9.59 Å². The molecule has 2 aromatic heterocycles. The summed E-state index contributed by atoms with van der Waals surface area (Å²) in [5.74, 6) is 1.32. The van der Waals surface area contributed by atoms with Crippen LogP contribution in [0.15, 0.2) is 120 Å². The summed E-state index contributed by atoms with van der Waals surface area (Å²) in [5, 5.41) is 12.7. The van der Waals surface area contributed by atoms with Crippen molar-refractivity contribution in [1.82, 2.24) is 0 Å². The molecule has 0 saturated carbocycles. The fourth-order valence-electron chi connectivity index (χ4n) is 4.01. The number of nitrogens with zero attached hydrogens (tertiary/aromatic N) is 6. The molecule has 12 heteroatoms. The van der Waals surface area contributed by atoms with Gasteiger partial charge in [0.05, 0.1) is 35.3 Å². The Hall–Kier alpha value is -3.70. The zero-order valence-corrected chi connectivity index (χ0v) is 29.0. The van der Waals surface area contributed by atoms with Crippen LogP contribution in [0.4, 0.5) is 11.4 Å². The van der Waals surface area contributed by atoms with Crippen molar-refractivity contribution in [2.24, 2.45) is 10.2 Å². The summed E-state index contributed by atoms with van der Waals surface area (Å²) in [6.07, 6.45) is 12.1. The molecule has 46 heavy (non-hydrogen) atoms. The normalized spacial score (nSPS) is 10.7. The van der Waals surface area contributed by atoms with Gasteiger partial charge in [-0.25, -0.2) is 9.13 Å². The predicted octanol–water partition coefficient (Wildman–Crippen LogP) is -0.790. The van der Waals surface area contributed by atoms with Gasteiger partial charge in [-0.05, 0) is 24.3 Å². The Bertz CT molecular complexity index is 1410. The standard InChI is InChI=1S/C34H38N6O2S2.2ClH/c1-37(31-9-5-3-6-10-31)35-27-29-15-19-39(20-16-29)23-25-43-33(41)13-14-34(42)44-26-24-40-21-17-30(18-22-40)28-36-38(2)32-11-7-4-8-12-32;;/h3-12,15-22,27-28H,13-14,23-26H2,1-2H3;2*1H/q+2;;/p-2. The van der Waals surface area contributed by atoms with E-state index in [2.05, 4.69) is 10.2 Å². The van der Waals surface area contributed by atoms with E-state index in [0.717, 1.165) is 22.5 Å². The molecule has 0 bridgehead atoms. The summed E-state index contributed by atoms with van der Waals surface area (Å²) in [7, 11) is 3.83. The van der Waals surface area contributed by atoms with Crippen molar-refractivity contribution in [3.63, 3.8) is 0 Å². The van der Waals surface area contributed by atoms with Crippen LogP contribution in [0.2, 0.25) is 0 Å². The first-order valence-corrected chi connectivity index (χ1v) is 16.4. The number of aryl methyl sites for hydroxylation is 2. The molecule has 8 nitrogen and oxygen atoms in total. The van der Waals surface area contributed by atoms with Crippen molar-refractivity contribution in [3.05, 3.63) is 121 Å². The lowest BCUT2D eigenvalue weighted by atomic mass is 10.3. The van der Waals surface area contributed by atoms with Gasteiger partial charge in [0.15, 0.2) is 48.1 Å². The van der Waals surface area contributed by atoms with Crippen molar-refractivity contribution in [2.75, 3.05) is 35.6 Å². The van der Waals surface area contributed by atoms with Crippen LogP contribution >= 0.6 is 23.5 Å². The number of hydrazone groups is 2. The fraction of sp³-hybridized carbons (Fsp3) is 0.235. The van der Waals surface area contributed by atoms with E-state index >= 15 is 0 Å². The average Bonchev–Trinajstić information content (AvgIpc) is 3.07. The Labute approximate surface area is 292 Å². The third-order valence-corrected chi connectivity index (χ3v) is 8.44. The predicted molar refractivity (Wildman–Crippen MR) is 182 cm³/mol. The SMILES string of the molecule is CN(N=Cc1cc[n+](CCSC(=O)CCC(=O)SCC[n+]2ccc(C=NN(C)c3ccccc3)cc2)cc1)c1ccccc1.[Cl-].[Cl-]. The summed E-state index contributed by atoms with van der Waals surface area (Å²) in [4.78, 5) is 24.6. The topological polar surface area (TPSA) is 73.1 Å². The zero-order valence-electron chi connectivity index (χ0n) is 25.9. The van der Waals surface area contributed by atoms with Gasteiger partial charge in [-0.1, -0.05) is 59.9 Å². The van der Waals surface area contributed by atoms with Gasteiger partial charge in [-0.2, -0.15) is 10.2 Å². The molecule has 0 unspecified atom stereocenters. The molecule has 2 aromatic carbocycles. The number of anilines is 2. The Balaban J connectivity index is 0.00000368. The molecule has 0 atom stereocenters. The van der Waals surface area contributed by atoms with Gasteiger partial charge in [0.25, 0.3) is 0 Å². The smallest absolute Gasteiger partial charge is 0.189 e. The van der Waals surface area contributed by atoms with Gasteiger partial charge in [-0.15, -0.1) is 0 Å². The maximum atomic E-state index is 12.3. The zero-order chi connectivity index (χ0) is 31.0. The van der Waals surface area contributed by atoms with Crippen molar-refractivity contribution in [3.8, 4) is 0 Å². The van der Waals surface area contributed by atoms with E-state index in [1.807, 2.05) is 155 Å². The number of halogens is 2. The Morgan fingerprint density at radius 3 is 1.30 bits per heavy atom. The molecule has 0 radical (unpaired) electrons. The highest BCUT2D eigenvalue weighted by molar-refractivity contribution is 8.14. The van der Waals surface area contributed by atoms with Gasteiger partial charge in [0.2, 0.25) is 0 Å². The van der Waals surface area contributed by atoms with Crippen LogP contribution in [0.3, 0.4) is 0 Å². The number of hydrogen-bond donors (Lipinski definition) is 0. The van der Waals surface area contributed by atoms with Crippen LogP contribution in [0.5, 0.6) is 0 Å². The van der Waals surface area contributed by atoms with Crippen molar-refractivity contribution in [2.45, 2.75) is 25.9 Å². The van der Waals surface area contributed by atoms with E-state index in [0.29, 0.717) is 24.6 Å². The number of carbonyl (C=O) groups is 2. The summed E-state index contributed by atoms with van der Waals surface area (Å²) in [5.41, 5.74) is 4.03. The lowest BCUT2D eigenvalue weighted by Gasteiger charge is -2.11. The largest absolute Gasteiger partial charge is 1.00 e. The second-order valence-electron chi connectivity index (χ2n) is 9.89. The Kier molecular flexibility index (Phi) is 17.7. The first-order valence-electron chi connectivity index (χ1n) is 14.4. The second-order valence-corrected chi connectivity index (χ2v) is 12.2. The lowest BCUT2D eigenvalue weighted by molar-refractivity contribution is -0.692. The Morgan fingerprint density at radius 1 is 0.609 bits per heavy atom. The second kappa shape index (κ2) is 21.2. The van der Waals surface area contributed by atoms with Crippen molar-refractivity contribution >= 4 is 57.6 Å². The number of pyridine rings is 2. The van der Waals surface area contributed by atoms with Crippen LogP contribution < -0.4 is 44.0 Å². The van der Waals surface area contributed by atoms with Gasteiger partial charge in [0, 0.05) is 62.3 Å². The minimum atomic E-state index is 0. The third-order valence-electron chi connectivity index (χ3n) is 6.61. The first kappa shape index (κ1) is 38.5. The van der Waals surface area contributed by atoms with E-state index < -0.39 is 0 Å². The highest BCUT2D eigenvalue weighted by Gasteiger charge is 2.11. The van der Waals surface area contributed by atoms with Crippen LogP contribution in [0.1, 0.15) is 24.0 Å². The summed E-state index contributed by atoms with van der Waals surface area (Å²) in [6.45, 7) is 1.43. The summed E-state index contributed by atoms with van der Waals surface area (Å²) in [6, 6.07) is 27.9. The van der Waals surface area contributed by atoms with Gasteiger partial charge in [0.1, 0.15) is 0 Å². The highest BCUT2D eigenvalue weighted by Crippen LogP contribution is 2.14. The lowest BCUT2D eigenvalue weighted by Crippen LogP contribution is -3.00. The van der Waals surface area contributed by atoms with Crippen LogP contribution in [-0.4, -0.2) is 48.3 Å². The van der Waals surface area contributed by atoms with E-state index in [1.54, 1.807) is 0 Å². The number of para-hydroxylation sites is 2. The molecule has 242 valence electrons. The number of hydrogen-bond acceptors (Lipinski definition) is 8. The molecular formula is C34H38Cl2N6O2S2. The molecule has 0 fully saturated rings. The van der Waals surface area contributed by atoms with Crippen molar-refractivity contribution in [1.29, 1.82) is 0 Å². The van der Waals surface area contributed by atoms with E-state index in [-0.39, 0.29) is 47.9 Å².